The molecule has 7 nitrogen and oxygen atoms in total. The van der Waals surface area contributed by atoms with Crippen LogP contribution in [-0.4, -0.2) is 26.7 Å². The summed E-state index contributed by atoms with van der Waals surface area (Å²) in [6, 6.07) is 5.00. The van der Waals surface area contributed by atoms with E-state index in [9.17, 15) is 4.79 Å². The number of carbonyl (C=O) groups excluding carboxylic acids is 1. The van der Waals surface area contributed by atoms with Crippen LogP contribution in [0.2, 0.25) is 0 Å². The van der Waals surface area contributed by atoms with Gasteiger partial charge in [0.15, 0.2) is 0 Å². The van der Waals surface area contributed by atoms with Crippen LogP contribution in [0.4, 0.5) is 10.5 Å². The normalized spacial score (nSPS) is 10.2. The first kappa shape index (κ1) is 11.4. The second-order valence-corrected chi connectivity index (χ2v) is 4.24. The first-order valence-corrected chi connectivity index (χ1v) is 5.56. The fourth-order valence-electron chi connectivity index (χ4n) is 1.30. The van der Waals surface area contributed by atoms with Crippen LogP contribution in [0.15, 0.2) is 28.3 Å². The van der Waals surface area contributed by atoms with E-state index in [1.54, 1.807) is 0 Å². The van der Waals surface area contributed by atoms with Crippen LogP contribution in [0.3, 0.4) is 0 Å². The number of tetrazole rings is 1. The average Bonchev–Trinajstić information content (AvgIpc) is 2.75. The second kappa shape index (κ2) is 4.83. The predicted octanol–water partition coefficient (Wildman–Crippen LogP) is 1.15. The molecule has 2 rings (SSSR count). The van der Waals surface area contributed by atoms with Crippen LogP contribution in [0.25, 0.3) is 0 Å². The molecule has 0 unspecified atom stereocenters. The molecule has 0 radical (unpaired) electrons. The molecule has 0 atom stereocenters. The number of aryl methyl sites for hydroxylation is 1. The Balaban J connectivity index is 2.32. The van der Waals surface area contributed by atoms with Crippen LogP contribution in [0, 0.1) is 6.92 Å². The zero-order valence-electron chi connectivity index (χ0n) is 8.97. The Morgan fingerprint density at radius 1 is 1.53 bits per heavy atom. The van der Waals surface area contributed by atoms with Gasteiger partial charge in [-0.25, -0.2) is 4.79 Å². The van der Waals surface area contributed by atoms with Crippen LogP contribution < -0.4 is 11.1 Å². The zero-order chi connectivity index (χ0) is 12.3. The van der Waals surface area contributed by atoms with Crippen molar-refractivity contribution in [2.24, 2.45) is 5.73 Å². The molecule has 88 valence electrons. The third-order valence-corrected chi connectivity index (χ3v) is 2.93. The number of aromatic nitrogens is 4. The van der Waals surface area contributed by atoms with Crippen molar-refractivity contribution in [2.75, 3.05) is 5.32 Å². The van der Waals surface area contributed by atoms with Gasteiger partial charge in [-0.05, 0) is 35.5 Å². The van der Waals surface area contributed by atoms with Gasteiger partial charge >= 0.3 is 6.03 Å². The number of nitrogens with two attached hydrogens (primary N) is 1. The summed E-state index contributed by atoms with van der Waals surface area (Å²) in [4.78, 5) is 11.7. The lowest BCUT2D eigenvalue weighted by molar-refractivity contribution is 0.259. The highest BCUT2D eigenvalue weighted by molar-refractivity contribution is 7.99. The molecule has 8 heteroatoms. The molecule has 0 aliphatic heterocycles. The van der Waals surface area contributed by atoms with Gasteiger partial charge in [-0.15, -0.1) is 10.2 Å². The van der Waals surface area contributed by atoms with Crippen molar-refractivity contribution in [1.82, 2.24) is 20.6 Å². The molecule has 17 heavy (non-hydrogen) atoms. The number of anilines is 1. The summed E-state index contributed by atoms with van der Waals surface area (Å²) < 4.78 is 0. The maximum absolute atomic E-state index is 10.9. The van der Waals surface area contributed by atoms with Gasteiger partial charge in [-0.1, -0.05) is 12.1 Å². The van der Waals surface area contributed by atoms with Gasteiger partial charge < -0.3 is 11.1 Å². The number of primary amides is 1. The van der Waals surface area contributed by atoms with E-state index in [0.29, 0.717) is 10.8 Å². The number of H-pyrrole nitrogens is 1. The van der Waals surface area contributed by atoms with E-state index in [4.69, 9.17) is 5.73 Å². The number of nitrogens with one attached hydrogen (secondary N) is 2. The van der Waals surface area contributed by atoms with Gasteiger partial charge in [0, 0.05) is 4.90 Å². The molecule has 2 amide bonds. The first-order valence-electron chi connectivity index (χ1n) is 4.74. The number of benzene rings is 1. The van der Waals surface area contributed by atoms with E-state index in [1.807, 2.05) is 25.1 Å². The van der Waals surface area contributed by atoms with Gasteiger partial charge in [0.25, 0.3) is 0 Å². The van der Waals surface area contributed by atoms with Gasteiger partial charge in [-0.2, -0.15) is 5.21 Å². The van der Waals surface area contributed by atoms with Crippen molar-refractivity contribution in [1.29, 1.82) is 0 Å². The van der Waals surface area contributed by atoms with Crippen LogP contribution in [-0.2, 0) is 0 Å². The molecule has 1 heterocycles. The van der Waals surface area contributed by atoms with Crippen molar-refractivity contribution < 1.29 is 4.79 Å². The number of urea groups is 1. The molecule has 0 fully saturated rings. The molecule has 0 aliphatic rings. The molecule has 1 aromatic heterocycles. The Bertz CT molecular complexity index is 526. The maximum Gasteiger partial charge on any atom is 0.316 e. The summed E-state index contributed by atoms with van der Waals surface area (Å²) in [5, 5.41) is 16.6. The molecule has 4 N–H and O–H groups in total. The minimum atomic E-state index is -0.603. The van der Waals surface area contributed by atoms with Crippen LogP contribution >= 0.6 is 11.8 Å². The summed E-state index contributed by atoms with van der Waals surface area (Å²) in [7, 11) is 0. The minimum Gasteiger partial charge on any atom is -0.351 e. The Morgan fingerprint density at radius 3 is 3.00 bits per heavy atom. The second-order valence-electron chi connectivity index (χ2n) is 3.23. The van der Waals surface area contributed by atoms with Crippen molar-refractivity contribution in [3.05, 3.63) is 23.8 Å². The number of nitrogens with zero attached hydrogens (tertiary/aromatic N) is 3. The topological polar surface area (TPSA) is 110 Å². The number of aromatic amines is 1. The summed E-state index contributed by atoms with van der Waals surface area (Å²) >= 11 is 1.29. The number of para-hydroxylation sites is 1. The lowest BCUT2D eigenvalue weighted by atomic mass is 10.2. The van der Waals surface area contributed by atoms with Crippen molar-refractivity contribution in [3.8, 4) is 0 Å². The van der Waals surface area contributed by atoms with Crippen molar-refractivity contribution >= 4 is 23.5 Å². The largest absolute Gasteiger partial charge is 0.351 e. The number of amides is 2. The molecule has 0 saturated heterocycles. The highest BCUT2D eigenvalue weighted by atomic mass is 32.2. The van der Waals surface area contributed by atoms with Crippen molar-refractivity contribution in [3.63, 3.8) is 0 Å². The van der Waals surface area contributed by atoms with Gasteiger partial charge in [-0.3, -0.25) is 0 Å². The number of rotatable bonds is 3. The summed E-state index contributed by atoms with van der Waals surface area (Å²) in [5.74, 6) is 0. The molecule has 0 spiro atoms. The van der Waals surface area contributed by atoms with E-state index in [-0.39, 0.29) is 0 Å². The molecule has 1 aromatic carbocycles. The number of carbonyl (C=O) groups is 1. The quantitative estimate of drug-likeness (QED) is 0.757. The monoisotopic (exact) mass is 250 g/mol. The van der Waals surface area contributed by atoms with E-state index in [0.717, 1.165) is 10.5 Å². The Kier molecular flexibility index (Phi) is 3.24. The summed E-state index contributed by atoms with van der Waals surface area (Å²) in [6.07, 6.45) is 0. The first-order chi connectivity index (χ1) is 8.16. The zero-order valence-corrected chi connectivity index (χ0v) is 9.78. The standard InChI is InChI=1S/C9H10N6OS/c1-5-3-2-4-6(7(5)11-8(10)16)17-9-12-14-15-13-9/h2-4H,1H3,(H3,10,11,16)(H,12,13,14,15). The Hall–Kier alpha value is -2.09. The maximum atomic E-state index is 10.9. The molecular formula is C9H10N6OS. The smallest absolute Gasteiger partial charge is 0.316 e. The van der Waals surface area contributed by atoms with E-state index in [1.165, 1.54) is 11.8 Å². The lowest BCUT2D eigenvalue weighted by Crippen LogP contribution is -2.20. The third kappa shape index (κ3) is 2.72. The fourth-order valence-corrected chi connectivity index (χ4v) is 2.13. The third-order valence-electron chi connectivity index (χ3n) is 2.01. The van der Waals surface area contributed by atoms with Gasteiger partial charge in [0.2, 0.25) is 5.16 Å². The number of hydrogen-bond acceptors (Lipinski definition) is 5. The average molecular weight is 250 g/mol. The number of hydrogen-bond donors (Lipinski definition) is 3. The van der Waals surface area contributed by atoms with Crippen LogP contribution in [0.5, 0.6) is 0 Å². The predicted molar refractivity (Wildman–Crippen MR) is 62.7 cm³/mol. The summed E-state index contributed by atoms with van der Waals surface area (Å²) in [6.45, 7) is 1.88. The highest BCUT2D eigenvalue weighted by Gasteiger charge is 2.10. The lowest BCUT2D eigenvalue weighted by Gasteiger charge is -2.10. The molecule has 2 aromatic rings. The summed E-state index contributed by atoms with van der Waals surface area (Å²) in [5.41, 5.74) is 6.70. The van der Waals surface area contributed by atoms with E-state index in [2.05, 4.69) is 25.9 Å². The Morgan fingerprint density at radius 2 is 2.35 bits per heavy atom. The van der Waals surface area contributed by atoms with E-state index >= 15 is 0 Å². The van der Waals surface area contributed by atoms with Gasteiger partial charge in [0.05, 0.1) is 5.69 Å². The van der Waals surface area contributed by atoms with Crippen molar-refractivity contribution in [2.45, 2.75) is 17.0 Å². The fraction of sp³-hybridized carbons (Fsp3) is 0.111. The SMILES string of the molecule is Cc1cccc(Sc2nn[nH]n2)c1NC(N)=O. The minimum absolute atomic E-state index is 0.475. The molecule has 0 bridgehead atoms. The van der Waals surface area contributed by atoms with Gasteiger partial charge in [0.1, 0.15) is 0 Å². The van der Waals surface area contributed by atoms with Crippen LogP contribution in [0.1, 0.15) is 5.56 Å². The molecule has 0 aliphatic carbocycles. The molecule has 0 saturated carbocycles. The Labute approximate surface area is 101 Å². The van der Waals surface area contributed by atoms with E-state index < -0.39 is 6.03 Å². The highest BCUT2D eigenvalue weighted by Crippen LogP contribution is 2.33. The molecular weight excluding hydrogens is 240 g/mol.